The van der Waals surface area contributed by atoms with Crippen molar-refractivity contribution in [2.45, 2.75) is 17.3 Å². The van der Waals surface area contributed by atoms with Gasteiger partial charge in [-0.25, -0.2) is 4.98 Å². The van der Waals surface area contributed by atoms with Gasteiger partial charge in [0, 0.05) is 5.02 Å². The maximum Gasteiger partial charge on any atom is 0.237 e. The number of amides is 1. The van der Waals surface area contributed by atoms with Crippen LogP contribution < -0.4 is 10.1 Å². The Kier molecular flexibility index (Phi) is 6.72. The number of nitrogens with zero attached hydrogens (tertiary/aromatic N) is 2. The van der Waals surface area contributed by atoms with Crippen molar-refractivity contribution in [1.29, 1.82) is 0 Å². The van der Waals surface area contributed by atoms with Gasteiger partial charge < -0.3 is 10.1 Å². The quantitative estimate of drug-likeness (QED) is 0.474. The average molecular weight is 458 g/mol. The molecule has 10 heteroatoms. The highest BCUT2D eigenvalue weighted by atomic mass is 35.5. The third kappa shape index (κ3) is 4.72. The number of hydrogen-bond donors (Lipinski definition) is 2. The number of anilines is 1. The molecule has 0 fully saturated rings. The maximum atomic E-state index is 12.5. The van der Waals surface area contributed by atoms with Gasteiger partial charge in [0.25, 0.3) is 0 Å². The van der Waals surface area contributed by atoms with Gasteiger partial charge >= 0.3 is 0 Å². The van der Waals surface area contributed by atoms with Gasteiger partial charge in [-0.2, -0.15) is 0 Å². The number of benzene rings is 2. The molecule has 0 spiro atoms. The Labute approximate surface area is 180 Å². The van der Waals surface area contributed by atoms with E-state index in [0.717, 1.165) is 0 Å². The van der Waals surface area contributed by atoms with Crippen molar-refractivity contribution in [2.75, 3.05) is 12.4 Å². The van der Waals surface area contributed by atoms with Crippen LogP contribution in [0.4, 0.5) is 5.69 Å². The number of ether oxygens (including phenoxy) is 1. The molecule has 146 valence electrons. The van der Waals surface area contributed by atoms with Crippen LogP contribution in [0.1, 0.15) is 6.92 Å². The van der Waals surface area contributed by atoms with Crippen molar-refractivity contribution < 1.29 is 9.53 Å². The third-order valence-corrected chi connectivity index (χ3v) is 5.76. The molecule has 3 rings (SSSR count). The van der Waals surface area contributed by atoms with E-state index in [1.807, 2.05) is 0 Å². The average Bonchev–Trinajstić information content (AvgIpc) is 3.13. The molecule has 2 aromatic carbocycles. The summed E-state index contributed by atoms with van der Waals surface area (Å²) in [6, 6.07) is 10.2. The number of hydrogen-bond acceptors (Lipinski definition) is 5. The monoisotopic (exact) mass is 456 g/mol. The van der Waals surface area contributed by atoms with Crippen molar-refractivity contribution in [2.24, 2.45) is 0 Å². The summed E-state index contributed by atoms with van der Waals surface area (Å²) in [5.74, 6) is 0.853. The molecule has 28 heavy (non-hydrogen) atoms. The lowest BCUT2D eigenvalue weighted by Crippen LogP contribution is -2.22. The van der Waals surface area contributed by atoms with E-state index < -0.39 is 5.25 Å². The first-order chi connectivity index (χ1) is 13.4. The standard InChI is InChI=1S/C18H15Cl3N4O2S/c1-9(17(26)22-13-5-3-4-12(20)15(13)21)28-18-23-16(24-25-18)11-8-10(19)6-7-14(11)27-2/h3-9H,1-2H3,(H,22,26)(H,23,24,25). The van der Waals surface area contributed by atoms with Gasteiger partial charge in [-0.05, 0) is 37.3 Å². The fraction of sp³-hybridized carbons (Fsp3) is 0.167. The van der Waals surface area contributed by atoms with Gasteiger partial charge in [-0.1, -0.05) is 52.6 Å². The molecule has 0 aliphatic carbocycles. The van der Waals surface area contributed by atoms with Crippen molar-refractivity contribution in [3.63, 3.8) is 0 Å². The number of aromatic nitrogens is 3. The van der Waals surface area contributed by atoms with Crippen LogP contribution in [0.25, 0.3) is 11.4 Å². The molecule has 3 aromatic rings. The molecule has 0 radical (unpaired) electrons. The smallest absolute Gasteiger partial charge is 0.237 e. The molecule has 1 unspecified atom stereocenters. The van der Waals surface area contributed by atoms with Gasteiger partial charge in [0.05, 0.1) is 33.7 Å². The number of nitrogens with one attached hydrogen (secondary N) is 2. The highest BCUT2D eigenvalue weighted by Gasteiger charge is 2.20. The zero-order chi connectivity index (χ0) is 20.3. The normalized spacial score (nSPS) is 11.9. The summed E-state index contributed by atoms with van der Waals surface area (Å²) in [6.07, 6.45) is 0. The molecule has 0 saturated heterocycles. The van der Waals surface area contributed by atoms with Gasteiger partial charge in [-0.3, -0.25) is 9.89 Å². The number of methoxy groups -OCH3 is 1. The molecule has 1 amide bonds. The number of H-pyrrole nitrogens is 1. The van der Waals surface area contributed by atoms with Crippen LogP contribution in [0.15, 0.2) is 41.6 Å². The largest absolute Gasteiger partial charge is 0.496 e. The van der Waals surface area contributed by atoms with Crippen molar-refractivity contribution >= 4 is 58.2 Å². The minimum absolute atomic E-state index is 0.249. The van der Waals surface area contributed by atoms with E-state index in [-0.39, 0.29) is 5.91 Å². The lowest BCUT2D eigenvalue weighted by atomic mass is 10.2. The second kappa shape index (κ2) is 9.05. The predicted molar refractivity (Wildman–Crippen MR) is 114 cm³/mol. The Morgan fingerprint density at radius 3 is 2.79 bits per heavy atom. The van der Waals surface area contributed by atoms with Crippen LogP contribution in [-0.4, -0.2) is 33.4 Å². The second-order valence-corrected chi connectivity index (χ2v) is 8.19. The van der Waals surface area contributed by atoms with Crippen LogP contribution >= 0.6 is 46.6 Å². The summed E-state index contributed by atoms with van der Waals surface area (Å²) in [6.45, 7) is 1.74. The van der Waals surface area contributed by atoms with E-state index in [9.17, 15) is 4.79 Å². The zero-order valence-corrected chi connectivity index (χ0v) is 17.9. The lowest BCUT2D eigenvalue weighted by Gasteiger charge is -2.11. The Balaban J connectivity index is 1.72. The molecular weight excluding hydrogens is 443 g/mol. The Bertz CT molecular complexity index is 1010. The van der Waals surface area contributed by atoms with Crippen LogP contribution in [0.3, 0.4) is 0 Å². The summed E-state index contributed by atoms with van der Waals surface area (Å²) in [7, 11) is 1.56. The summed E-state index contributed by atoms with van der Waals surface area (Å²) >= 11 is 19.3. The zero-order valence-electron chi connectivity index (χ0n) is 14.8. The second-order valence-electron chi connectivity index (χ2n) is 5.66. The van der Waals surface area contributed by atoms with E-state index in [1.54, 1.807) is 50.4 Å². The van der Waals surface area contributed by atoms with Gasteiger partial charge in [-0.15, -0.1) is 5.10 Å². The fourth-order valence-electron chi connectivity index (χ4n) is 2.33. The van der Waals surface area contributed by atoms with Crippen LogP contribution in [0.2, 0.25) is 15.1 Å². The number of carbonyl (C=O) groups excluding carboxylic acids is 1. The van der Waals surface area contributed by atoms with Crippen molar-refractivity contribution in [1.82, 2.24) is 15.2 Å². The third-order valence-electron chi connectivity index (χ3n) is 3.74. The highest BCUT2D eigenvalue weighted by Crippen LogP contribution is 2.33. The first kappa shape index (κ1) is 20.8. The lowest BCUT2D eigenvalue weighted by molar-refractivity contribution is -0.115. The summed E-state index contributed by atoms with van der Waals surface area (Å²) in [4.78, 5) is 16.9. The Morgan fingerprint density at radius 1 is 1.25 bits per heavy atom. The van der Waals surface area contributed by atoms with Crippen LogP contribution in [-0.2, 0) is 4.79 Å². The van der Waals surface area contributed by atoms with Crippen molar-refractivity contribution in [3.05, 3.63) is 51.5 Å². The summed E-state index contributed by atoms with van der Waals surface area (Å²) in [5, 5.41) is 10.9. The first-order valence-electron chi connectivity index (χ1n) is 8.07. The van der Waals surface area contributed by atoms with Gasteiger partial charge in [0.15, 0.2) is 5.82 Å². The number of carbonyl (C=O) groups is 1. The number of thioether (sulfide) groups is 1. The highest BCUT2D eigenvalue weighted by molar-refractivity contribution is 8.00. The molecule has 0 aliphatic rings. The Morgan fingerprint density at radius 2 is 2.04 bits per heavy atom. The summed E-state index contributed by atoms with van der Waals surface area (Å²) < 4.78 is 5.33. The molecule has 2 N–H and O–H groups in total. The molecular formula is C18H15Cl3N4O2S. The molecule has 0 saturated carbocycles. The fourth-order valence-corrected chi connectivity index (χ4v) is 3.58. The number of aromatic amines is 1. The molecule has 1 atom stereocenters. The Hall–Kier alpha value is -1.93. The minimum Gasteiger partial charge on any atom is -0.496 e. The van der Waals surface area contributed by atoms with Crippen molar-refractivity contribution in [3.8, 4) is 17.1 Å². The SMILES string of the molecule is COc1ccc(Cl)cc1-c1nc(SC(C)C(=O)Nc2cccc(Cl)c2Cl)n[nH]1. The van der Waals surface area contributed by atoms with E-state index in [2.05, 4.69) is 20.5 Å². The summed E-state index contributed by atoms with van der Waals surface area (Å²) in [5.41, 5.74) is 1.13. The number of halogens is 3. The molecule has 1 heterocycles. The topological polar surface area (TPSA) is 79.9 Å². The van der Waals surface area contributed by atoms with Gasteiger partial charge in [0.1, 0.15) is 5.75 Å². The molecule has 1 aromatic heterocycles. The molecule has 0 bridgehead atoms. The van der Waals surface area contributed by atoms with E-state index in [0.29, 0.717) is 43.0 Å². The van der Waals surface area contributed by atoms with Crippen LogP contribution in [0, 0.1) is 0 Å². The first-order valence-corrected chi connectivity index (χ1v) is 10.1. The molecule has 0 aliphatic heterocycles. The minimum atomic E-state index is -0.472. The molecule has 6 nitrogen and oxygen atoms in total. The number of rotatable bonds is 6. The van der Waals surface area contributed by atoms with E-state index >= 15 is 0 Å². The van der Waals surface area contributed by atoms with E-state index in [4.69, 9.17) is 39.5 Å². The van der Waals surface area contributed by atoms with Crippen LogP contribution in [0.5, 0.6) is 5.75 Å². The van der Waals surface area contributed by atoms with Gasteiger partial charge in [0.2, 0.25) is 11.1 Å². The predicted octanol–water partition coefficient (Wildman–Crippen LogP) is 5.56. The van der Waals surface area contributed by atoms with E-state index in [1.165, 1.54) is 11.8 Å². The maximum absolute atomic E-state index is 12.5.